The van der Waals surface area contributed by atoms with Crippen LogP contribution in [-0.4, -0.2) is 14.2 Å². The first-order valence-electron chi connectivity index (χ1n) is 8.28. The number of hydrogen-bond acceptors (Lipinski definition) is 5. The van der Waals surface area contributed by atoms with Crippen molar-refractivity contribution in [2.75, 3.05) is 20.0 Å². The predicted molar refractivity (Wildman–Crippen MR) is 102 cm³/mol. The molecule has 0 saturated carbocycles. The molecule has 0 radical (unpaired) electrons. The molecule has 0 bridgehead atoms. The molecular formula is C21H19N4O2+. The highest BCUT2D eigenvalue weighted by molar-refractivity contribution is 6.08. The summed E-state index contributed by atoms with van der Waals surface area (Å²) in [7, 11) is 3.19. The molecule has 27 heavy (non-hydrogen) atoms. The van der Waals surface area contributed by atoms with Crippen LogP contribution < -0.4 is 20.2 Å². The Kier molecular flexibility index (Phi) is 4.58. The largest absolute Gasteiger partial charge is 0.497 e. The van der Waals surface area contributed by atoms with Crippen LogP contribution in [0.2, 0.25) is 0 Å². The second-order valence-electron chi connectivity index (χ2n) is 6.18. The third kappa shape index (κ3) is 2.78. The third-order valence-corrected chi connectivity index (χ3v) is 4.79. The van der Waals surface area contributed by atoms with Crippen molar-refractivity contribution in [1.82, 2.24) is 0 Å². The first-order valence-corrected chi connectivity index (χ1v) is 8.28. The number of nitrogens with one attached hydrogen (secondary N) is 1. The van der Waals surface area contributed by atoms with Gasteiger partial charge in [-0.05, 0) is 48.8 Å². The maximum atomic E-state index is 9.64. The summed E-state index contributed by atoms with van der Waals surface area (Å²) in [6.07, 6.45) is 1.95. The van der Waals surface area contributed by atoms with E-state index in [4.69, 9.17) is 15.2 Å². The van der Waals surface area contributed by atoms with E-state index in [1.54, 1.807) is 20.3 Å². The van der Waals surface area contributed by atoms with Crippen LogP contribution in [0.1, 0.15) is 34.9 Å². The van der Waals surface area contributed by atoms with Crippen molar-refractivity contribution >= 4 is 23.0 Å². The Morgan fingerprint density at radius 2 is 1.85 bits per heavy atom. The number of ether oxygens (including phenoxy) is 2. The summed E-state index contributed by atoms with van der Waals surface area (Å²) < 4.78 is 10.7. The molecule has 1 heterocycles. The molecule has 1 aliphatic rings. The third-order valence-electron chi connectivity index (χ3n) is 4.79. The van der Waals surface area contributed by atoms with Crippen molar-refractivity contribution in [3.8, 4) is 23.6 Å². The number of nitrogens with zero attached hydrogens (tertiary/aromatic N) is 2. The van der Waals surface area contributed by atoms with Gasteiger partial charge >= 0.3 is 0 Å². The lowest BCUT2D eigenvalue weighted by Gasteiger charge is -2.11. The molecule has 0 aliphatic heterocycles. The SMILES string of the molecule is COc1ccc(C=C2C(C)=C(C#N)c3[nH+]c(N)c(C#N)c(C)c32)c(OC)c1. The van der Waals surface area contributed by atoms with Crippen molar-refractivity contribution in [3.63, 3.8) is 0 Å². The summed E-state index contributed by atoms with van der Waals surface area (Å²) in [5.74, 6) is 1.60. The fraction of sp³-hybridized carbons (Fsp3) is 0.190. The van der Waals surface area contributed by atoms with Crippen LogP contribution in [-0.2, 0) is 0 Å². The van der Waals surface area contributed by atoms with E-state index >= 15 is 0 Å². The topological polar surface area (TPSA) is 106 Å². The average Bonchev–Trinajstić information content (AvgIpc) is 2.93. The summed E-state index contributed by atoms with van der Waals surface area (Å²) in [6.45, 7) is 3.73. The van der Waals surface area contributed by atoms with Crippen molar-refractivity contribution in [3.05, 3.63) is 51.7 Å². The molecule has 3 rings (SSSR count). The van der Waals surface area contributed by atoms with Gasteiger partial charge in [-0.3, -0.25) is 5.73 Å². The Morgan fingerprint density at radius 1 is 1.11 bits per heavy atom. The van der Waals surface area contributed by atoms with Crippen molar-refractivity contribution in [2.45, 2.75) is 13.8 Å². The quantitative estimate of drug-likeness (QED) is 0.906. The minimum Gasteiger partial charge on any atom is -0.497 e. The first-order chi connectivity index (χ1) is 13.0. The smallest absolute Gasteiger partial charge is 0.289 e. The standard InChI is InChI=1S/C21H18N4O2/c1-11-15(7-13-5-6-14(26-3)8-18(13)27-4)19-12(2)17(10-23)21(24)25-20(19)16(11)9-22/h5-8H,1-4H3,(H2,24,25)/p+1. The number of aromatic nitrogens is 1. The number of allylic oxidation sites excluding steroid dienone is 3. The Morgan fingerprint density at radius 3 is 2.44 bits per heavy atom. The number of rotatable bonds is 3. The van der Waals surface area contributed by atoms with E-state index in [9.17, 15) is 10.5 Å². The molecule has 0 saturated heterocycles. The van der Waals surface area contributed by atoms with Crippen LogP contribution in [0.5, 0.6) is 11.5 Å². The van der Waals surface area contributed by atoms with Crippen LogP contribution in [0.15, 0.2) is 23.8 Å². The van der Waals surface area contributed by atoms with Gasteiger partial charge in [-0.25, -0.2) is 4.98 Å². The van der Waals surface area contributed by atoms with Crippen LogP contribution >= 0.6 is 0 Å². The van der Waals surface area contributed by atoms with Crippen molar-refractivity contribution < 1.29 is 14.5 Å². The highest BCUT2D eigenvalue weighted by atomic mass is 16.5. The Bertz CT molecular complexity index is 1100. The Balaban J connectivity index is 2.31. The van der Waals surface area contributed by atoms with E-state index in [1.165, 1.54) is 0 Å². The second-order valence-corrected chi connectivity index (χ2v) is 6.18. The number of benzene rings is 1. The Hall–Kier alpha value is -3.77. The number of pyridine rings is 1. The molecule has 134 valence electrons. The molecule has 6 nitrogen and oxygen atoms in total. The number of nitrogen functional groups attached to an aromatic ring is 1. The zero-order chi connectivity index (χ0) is 19.7. The van der Waals surface area contributed by atoms with Gasteiger partial charge in [0, 0.05) is 17.2 Å². The highest BCUT2D eigenvalue weighted by Gasteiger charge is 2.32. The predicted octanol–water partition coefficient (Wildman–Crippen LogP) is 3.13. The summed E-state index contributed by atoms with van der Waals surface area (Å²) in [4.78, 5) is 3.02. The van der Waals surface area contributed by atoms with Crippen LogP contribution in [0, 0.1) is 29.6 Å². The molecule has 1 aromatic heterocycles. The first kappa shape index (κ1) is 18.0. The number of H-pyrrole nitrogens is 1. The molecule has 1 aromatic carbocycles. The lowest BCUT2D eigenvalue weighted by molar-refractivity contribution is -0.364. The fourth-order valence-electron chi connectivity index (χ4n) is 3.37. The number of methoxy groups -OCH3 is 2. The molecule has 6 heteroatoms. The summed E-state index contributed by atoms with van der Waals surface area (Å²) >= 11 is 0. The lowest BCUT2D eigenvalue weighted by Crippen LogP contribution is -2.20. The second kappa shape index (κ2) is 6.86. The van der Waals surface area contributed by atoms with Gasteiger partial charge in [0.2, 0.25) is 0 Å². The van der Waals surface area contributed by atoms with Gasteiger partial charge in [-0.15, -0.1) is 0 Å². The molecule has 0 spiro atoms. The summed E-state index contributed by atoms with van der Waals surface area (Å²) in [5.41, 5.74) is 11.6. The molecule has 0 atom stereocenters. The molecule has 2 aromatic rings. The van der Waals surface area contributed by atoms with Gasteiger partial charge in [0.05, 0.1) is 14.2 Å². The monoisotopic (exact) mass is 359 g/mol. The molecule has 3 N–H and O–H groups in total. The van der Waals surface area contributed by atoms with Crippen molar-refractivity contribution in [2.24, 2.45) is 0 Å². The molecule has 0 unspecified atom stereocenters. The van der Waals surface area contributed by atoms with Crippen LogP contribution in [0.3, 0.4) is 0 Å². The molecule has 0 fully saturated rings. The van der Waals surface area contributed by atoms with Crippen LogP contribution in [0.25, 0.3) is 17.2 Å². The minimum absolute atomic E-state index is 0.262. The van der Waals surface area contributed by atoms with E-state index in [2.05, 4.69) is 17.1 Å². The molecule has 1 aliphatic carbocycles. The summed E-state index contributed by atoms with van der Waals surface area (Å²) in [6, 6.07) is 9.92. The molecular weight excluding hydrogens is 340 g/mol. The fourth-order valence-corrected chi connectivity index (χ4v) is 3.37. The number of hydrogen-bond donors (Lipinski definition) is 1. The highest BCUT2D eigenvalue weighted by Crippen LogP contribution is 2.43. The van der Waals surface area contributed by atoms with Gasteiger partial charge in [-0.2, -0.15) is 10.5 Å². The van der Waals surface area contributed by atoms with Gasteiger partial charge in [-0.1, -0.05) is 0 Å². The maximum absolute atomic E-state index is 9.64. The van der Waals surface area contributed by atoms with E-state index in [0.29, 0.717) is 28.3 Å². The number of nitriles is 2. The zero-order valence-electron chi connectivity index (χ0n) is 15.6. The van der Waals surface area contributed by atoms with Gasteiger partial charge < -0.3 is 9.47 Å². The van der Waals surface area contributed by atoms with E-state index in [-0.39, 0.29) is 5.82 Å². The molecule has 0 amide bonds. The normalized spacial score (nSPS) is 13.9. The van der Waals surface area contributed by atoms with Crippen LogP contribution in [0.4, 0.5) is 5.82 Å². The number of aromatic amines is 1. The average molecular weight is 359 g/mol. The lowest BCUT2D eigenvalue weighted by atomic mass is 9.95. The van der Waals surface area contributed by atoms with Gasteiger partial charge in [0.1, 0.15) is 34.8 Å². The zero-order valence-corrected chi connectivity index (χ0v) is 15.6. The van der Waals surface area contributed by atoms with Gasteiger partial charge in [0.15, 0.2) is 5.69 Å². The number of fused-ring (bicyclic) bond motifs is 1. The van der Waals surface area contributed by atoms with Gasteiger partial charge in [0.25, 0.3) is 5.82 Å². The van der Waals surface area contributed by atoms with Crippen molar-refractivity contribution in [1.29, 1.82) is 10.5 Å². The number of nitrogens with two attached hydrogens (primary N) is 1. The minimum atomic E-state index is 0.262. The van der Waals surface area contributed by atoms with E-state index in [1.807, 2.05) is 32.1 Å². The number of anilines is 1. The maximum Gasteiger partial charge on any atom is 0.289 e. The van der Waals surface area contributed by atoms with E-state index < -0.39 is 0 Å². The summed E-state index contributed by atoms with van der Waals surface area (Å²) in [5, 5.41) is 19.1. The van der Waals surface area contributed by atoms with E-state index in [0.717, 1.165) is 27.8 Å². The Labute approximate surface area is 157 Å².